The number of nitrogens with zero attached hydrogens (tertiary/aromatic N) is 6. The summed E-state index contributed by atoms with van der Waals surface area (Å²) in [4.78, 5) is 16.9. The molecule has 2 rings (SSSR count). The molecule has 1 N–H and O–H groups in total. The van der Waals surface area contributed by atoms with E-state index >= 15 is 0 Å². The molecule has 0 saturated carbocycles. The number of amides is 1. The highest BCUT2D eigenvalue weighted by Crippen LogP contribution is 2.21. The molecule has 1 amide bonds. The lowest BCUT2D eigenvalue weighted by Gasteiger charge is -2.11. The number of hydrogen-bond acceptors (Lipinski definition) is 5. The zero-order valence-corrected chi connectivity index (χ0v) is 16.2. The lowest BCUT2D eigenvalue weighted by molar-refractivity contribution is 0.0953. The first-order valence-corrected chi connectivity index (χ1v) is 9.18. The van der Waals surface area contributed by atoms with Crippen LogP contribution >= 0.6 is 0 Å². The van der Waals surface area contributed by atoms with Gasteiger partial charge in [0.05, 0.1) is 11.4 Å². The Hall–Kier alpha value is -3.38. The monoisotopic (exact) mass is 379 g/mol. The molecule has 0 spiro atoms. The first-order chi connectivity index (χ1) is 13.6. The SMILES string of the molecule is CN(C)c1ccc(N=Nc2ccc(C(=O)NCCCCCN=[N+]=[N-])cc2)cc1. The number of carbonyl (C=O) groups is 1. The van der Waals surface area contributed by atoms with Crippen LogP contribution in [-0.4, -0.2) is 33.1 Å². The number of azo groups is 1. The third kappa shape index (κ3) is 7.09. The topological polar surface area (TPSA) is 106 Å². The second kappa shape index (κ2) is 11.4. The van der Waals surface area contributed by atoms with Gasteiger partial charge < -0.3 is 10.2 Å². The fourth-order valence-electron chi connectivity index (χ4n) is 2.45. The van der Waals surface area contributed by atoms with E-state index in [1.165, 1.54) is 0 Å². The minimum atomic E-state index is -0.113. The molecule has 0 aliphatic rings. The van der Waals surface area contributed by atoms with Crippen molar-refractivity contribution in [2.75, 3.05) is 32.1 Å². The second-order valence-electron chi connectivity index (χ2n) is 6.43. The molecule has 0 saturated heterocycles. The molecule has 28 heavy (non-hydrogen) atoms. The van der Waals surface area contributed by atoms with Gasteiger partial charge >= 0.3 is 0 Å². The Morgan fingerprint density at radius 1 is 0.964 bits per heavy atom. The molecular formula is C20H25N7O. The van der Waals surface area contributed by atoms with Crippen molar-refractivity contribution >= 4 is 23.0 Å². The number of nitrogens with one attached hydrogen (secondary N) is 1. The van der Waals surface area contributed by atoms with Gasteiger partial charge in [0, 0.05) is 43.3 Å². The summed E-state index contributed by atoms with van der Waals surface area (Å²) >= 11 is 0. The minimum Gasteiger partial charge on any atom is -0.378 e. The number of carbonyl (C=O) groups excluding carboxylic acids is 1. The van der Waals surface area contributed by atoms with Crippen LogP contribution in [0.4, 0.5) is 17.1 Å². The van der Waals surface area contributed by atoms with E-state index in [0.717, 1.165) is 30.6 Å². The van der Waals surface area contributed by atoms with Gasteiger partial charge in [-0.05, 0) is 66.9 Å². The first kappa shape index (κ1) is 20.9. The summed E-state index contributed by atoms with van der Waals surface area (Å²) < 4.78 is 0. The lowest BCUT2D eigenvalue weighted by Crippen LogP contribution is -2.24. The van der Waals surface area contributed by atoms with Crippen molar-refractivity contribution in [2.24, 2.45) is 15.3 Å². The number of unbranched alkanes of at least 4 members (excludes halogenated alkanes) is 2. The van der Waals surface area contributed by atoms with E-state index < -0.39 is 0 Å². The molecular weight excluding hydrogens is 354 g/mol. The van der Waals surface area contributed by atoms with Crippen molar-refractivity contribution in [3.8, 4) is 0 Å². The largest absolute Gasteiger partial charge is 0.378 e. The minimum absolute atomic E-state index is 0.113. The molecule has 0 aromatic heterocycles. The number of azide groups is 1. The Kier molecular flexibility index (Phi) is 8.49. The summed E-state index contributed by atoms with van der Waals surface area (Å²) in [6.45, 7) is 1.10. The van der Waals surface area contributed by atoms with Crippen molar-refractivity contribution in [3.63, 3.8) is 0 Å². The quantitative estimate of drug-likeness (QED) is 0.259. The van der Waals surface area contributed by atoms with E-state index in [-0.39, 0.29) is 5.91 Å². The molecule has 2 aromatic carbocycles. The fraction of sp³-hybridized carbons (Fsp3) is 0.350. The predicted molar refractivity (Wildman–Crippen MR) is 112 cm³/mol. The summed E-state index contributed by atoms with van der Waals surface area (Å²) in [5.74, 6) is -0.113. The van der Waals surface area contributed by atoms with Gasteiger partial charge in [0.1, 0.15) is 0 Å². The van der Waals surface area contributed by atoms with E-state index in [2.05, 4.69) is 25.6 Å². The van der Waals surface area contributed by atoms with Crippen LogP contribution in [0.5, 0.6) is 0 Å². The molecule has 146 valence electrons. The van der Waals surface area contributed by atoms with Gasteiger partial charge in [-0.15, -0.1) is 0 Å². The summed E-state index contributed by atoms with van der Waals surface area (Å²) in [5, 5.41) is 14.8. The Labute approximate surface area is 164 Å². The van der Waals surface area contributed by atoms with Crippen molar-refractivity contribution in [1.29, 1.82) is 0 Å². The van der Waals surface area contributed by atoms with Crippen LogP contribution in [0.2, 0.25) is 0 Å². The molecule has 8 nitrogen and oxygen atoms in total. The second-order valence-corrected chi connectivity index (χ2v) is 6.43. The van der Waals surface area contributed by atoms with Gasteiger partial charge in [0.25, 0.3) is 5.91 Å². The van der Waals surface area contributed by atoms with Gasteiger partial charge in [-0.25, -0.2) is 0 Å². The van der Waals surface area contributed by atoms with Crippen LogP contribution in [0.3, 0.4) is 0 Å². The van der Waals surface area contributed by atoms with Gasteiger partial charge in [-0.2, -0.15) is 10.2 Å². The van der Waals surface area contributed by atoms with Crippen molar-refractivity contribution in [3.05, 3.63) is 64.5 Å². The van der Waals surface area contributed by atoms with Crippen molar-refractivity contribution in [1.82, 2.24) is 5.32 Å². The molecule has 0 aliphatic carbocycles. The van der Waals surface area contributed by atoms with E-state index in [4.69, 9.17) is 5.53 Å². The van der Waals surface area contributed by atoms with Crippen LogP contribution in [0.1, 0.15) is 29.6 Å². The van der Waals surface area contributed by atoms with E-state index in [1.807, 2.05) is 43.3 Å². The number of benzene rings is 2. The van der Waals surface area contributed by atoms with E-state index in [1.54, 1.807) is 24.3 Å². The molecule has 0 bridgehead atoms. The average molecular weight is 379 g/mol. The summed E-state index contributed by atoms with van der Waals surface area (Å²) in [7, 11) is 3.97. The first-order valence-electron chi connectivity index (χ1n) is 9.18. The maximum atomic E-state index is 12.1. The molecule has 0 radical (unpaired) electrons. The van der Waals surface area contributed by atoms with Gasteiger partial charge in [0.2, 0.25) is 0 Å². The molecule has 0 aliphatic heterocycles. The highest BCUT2D eigenvalue weighted by Gasteiger charge is 2.04. The average Bonchev–Trinajstić information content (AvgIpc) is 2.72. The number of anilines is 1. The zero-order valence-electron chi connectivity index (χ0n) is 16.2. The summed E-state index contributed by atoms with van der Waals surface area (Å²) in [5.41, 5.74) is 11.3. The molecule has 0 unspecified atom stereocenters. The molecule has 8 heteroatoms. The smallest absolute Gasteiger partial charge is 0.251 e. The Morgan fingerprint density at radius 2 is 1.57 bits per heavy atom. The standard InChI is InChI=1S/C20H25N7O/c1-27(2)19-12-10-18(11-13-19)25-24-17-8-6-16(7-9-17)20(28)22-14-4-3-5-15-23-26-21/h6-13H,3-5,14-15H2,1-2H3,(H,22,28). The molecule has 0 atom stereocenters. The third-order valence-corrected chi connectivity index (χ3v) is 4.06. The van der Waals surface area contributed by atoms with Gasteiger partial charge in [0.15, 0.2) is 0 Å². The lowest BCUT2D eigenvalue weighted by atomic mass is 10.2. The Bertz CT molecular complexity index is 823. The van der Waals surface area contributed by atoms with Crippen molar-refractivity contribution in [2.45, 2.75) is 19.3 Å². The highest BCUT2D eigenvalue weighted by atomic mass is 16.1. The van der Waals surface area contributed by atoms with E-state index in [9.17, 15) is 4.79 Å². The normalized spacial score (nSPS) is 10.5. The van der Waals surface area contributed by atoms with Crippen LogP contribution < -0.4 is 10.2 Å². The summed E-state index contributed by atoms with van der Waals surface area (Å²) in [6.07, 6.45) is 2.59. The van der Waals surface area contributed by atoms with Crippen LogP contribution in [0, 0.1) is 0 Å². The number of hydrogen-bond donors (Lipinski definition) is 1. The number of rotatable bonds is 10. The van der Waals surface area contributed by atoms with Crippen molar-refractivity contribution < 1.29 is 4.79 Å². The Balaban J connectivity index is 1.80. The molecule has 0 fully saturated rings. The van der Waals surface area contributed by atoms with Crippen LogP contribution in [-0.2, 0) is 0 Å². The zero-order chi connectivity index (χ0) is 20.2. The maximum absolute atomic E-state index is 12.1. The van der Waals surface area contributed by atoms with E-state index in [0.29, 0.717) is 24.3 Å². The van der Waals surface area contributed by atoms with Gasteiger partial charge in [-0.3, -0.25) is 4.79 Å². The third-order valence-electron chi connectivity index (χ3n) is 4.06. The molecule has 2 aromatic rings. The van der Waals surface area contributed by atoms with Crippen LogP contribution in [0.25, 0.3) is 10.4 Å². The Morgan fingerprint density at radius 3 is 2.14 bits per heavy atom. The maximum Gasteiger partial charge on any atom is 0.251 e. The van der Waals surface area contributed by atoms with Crippen LogP contribution in [0.15, 0.2) is 63.9 Å². The molecule has 0 heterocycles. The predicted octanol–water partition coefficient (Wildman–Crippen LogP) is 5.38. The fourth-order valence-corrected chi connectivity index (χ4v) is 2.45. The highest BCUT2D eigenvalue weighted by molar-refractivity contribution is 5.94. The summed E-state index contributed by atoms with van der Waals surface area (Å²) in [6, 6.07) is 14.8. The van der Waals surface area contributed by atoms with Gasteiger partial charge in [-0.1, -0.05) is 11.5 Å².